The number of hydrogen-bond acceptors (Lipinski definition) is 5. The molecular formula is C10H18N4O. The van der Waals surface area contributed by atoms with E-state index < -0.39 is 0 Å². The number of aliphatic hydroxyl groups is 1. The normalized spacial score (nSPS) is 12.4. The van der Waals surface area contributed by atoms with Gasteiger partial charge in [-0.1, -0.05) is 13.3 Å². The number of hydrogen-bond donors (Lipinski definition) is 3. The highest BCUT2D eigenvalue weighted by molar-refractivity contribution is 5.34. The quantitative estimate of drug-likeness (QED) is 0.649. The van der Waals surface area contributed by atoms with Gasteiger partial charge in [-0.3, -0.25) is 0 Å². The van der Waals surface area contributed by atoms with Crippen molar-refractivity contribution in [3.63, 3.8) is 0 Å². The Kier molecular flexibility index (Phi) is 4.83. The fraction of sp³-hybridized carbons (Fsp3) is 0.600. The van der Waals surface area contributed by atoms with E-state index in [1.807, 2.05) is 0 Å². The number of rotatable bonds is 6. The average Bonchev–Trinajstić information content (AvgIpc) is 2.24. The highest BCUT2D eigenvalue weighted by Gasteiger charge is 2.05. The van der Waals surface area contributed by atoms with Crippen LogP contribution in [0.1, 0.15) is 19.8 Å². The van der Waals surface area contributed by atoms with E-state index in [1.54, 1.807) is 12.3 Å². The van der Waals surface area contributed by atoms with Crippen molar-refractivity contribution >= 4 is 11.8 Å². The van der Waals surface area contributed by atoms with Crippen LogP contribution in [0.3, 0.4) is 0 Å². The second kappa shape index (κ2) is 6.19. The van der Waals surface area contributed by atoms with Crippen LogP contribution in [0.4, 0.5) is 11.8 Å². The zero-order valence-electron chi connectivity index (χ0n) is 8.98. The molecule has 0 aliphatic carbocycles. The summed E-state index contributed by atoms with van der Waals surface area (Å²) in [5.74, 6) is 1.45. The van der Waals surface area contributed by atoms with Crippen LogP contribution in [0.25, 0.3) is 0 Å². The van der Waals surface area contributed by atoms with Crippen LogP contribution in [0.15, 0.2) is 12.3 Å². The maximum absolute atomic E-state index is 8.83. The summed E-state index contributed by atoms with van der Waals surface area (Å²) in [6.45, 7) is 3.08. The number of aromatic nitrogens is 2. The molecule has 1 atom stereocenters. The van der Waals surface area contributed by atoms with Gasteiger partial charge < -0.3 is 16.2 Å². The van der Waals surface area contributed by atoms with Gasteiger partial charge in [0.15, 0.2) is 0 Å². The van der Waals surface area contributed by atoms with E-state index in [1.165, 1.54) is 0 Å². The van der Waals surface area contributed by atoms with Crippen molar-refractivity contribution in [3.8, 4) is 0 Å². The van der Waals surface area contributed by atoms with E-state index in [9.17, 15) is 0 Å². The summed E-state index contributed by atoms with van der Waals surface area (Å²) in [6.07, 6.45) is 3.44. The smallest absolute Gasteiger partial charge is 0.224 e. The Bertz CT molecular complexity index is 293. The maximum atomic E-state index is 8.83. The second-order valence-corrected chi connectivity index (χ2v) is 3.47. The molecule has 0 saturated heterocycles. The average molecular weight is 210 g/mol. The summed E-state index contributed by atoms with van der Waals surface area (Å²) in [5, 5.41) is 11.9. The van der Waals surface area contributed by atoms with Gasteiger partial charge in [0, 0.05) is 19.3 Å². The Hall–Kier alpha value is -1.36. The molecule has 0 amide bonds. The molecule has 0 radical (unpaired) electrons. The Morgan fingerprint density at radius 1 is 1.60 bits per heavy atom. The number of nitrogens with two attached hydrogens (primary N) is 1. The van der Waals surface area contributed by atoms with Crippen molar-refractivity contribution in [2.45, 2.75) is 19.8 Å². The molecule has 1 heterocycles. The summed E-state index contributed by atoms with van der Waals surface area (Å²) in [4.78, 5) is 8.07. The molecule has 1 aromatic heterocycles. The molecule has 0 bridgehead atoms. The van der Waals surface area contributed by atoms with Gasteiger partial charge in [0.1, 0.15) is 5.82 Å². The van der Waals surface area contributed by atoms with Crippen LogP contribution >= 0.6 is 0 Å². The molecule has 1 aromatic rings. The summed E-state index contributed by atoms with van der Waals surface area (Å²) in [7, 11) is 0. The number of nitrogens with one attached hydrogen (secondary N) is 1. The Morgan fingerprint density at radius 3 is 3.00 bits per heavy atom. The lowest BCUT2D eigenvalue weighted by molar-refractivity contribution is 0.258. The molecular weight excluding hydrogens is 192 g/mol. The van der Waals surface area contributed by atoms with Crippen molar-refractivity contribution in [2.75, 3.05) is 24.2 Å². The van der Waals surface area contributed by atoms with Crippen molar-refractivity contribution in [1.29, 1.82) is 0 Å². The minimum atomic E-state index is 0.220. The van der Waals surface area contributed by atoms with Gasteiger partial charge in [-0.05, 0) is 18.4 Å². The molecule has 0 saturated carbocycles. The lowest BCUT2D eigenvalue weighted by atomic mass is 10.0. The molecule has 0 fully saturated rings. The minimum Gasteiger partial charge on any atom is -0.396 e. The molecule has 1 unspecified atom stereocenters. The van der Waals surface area contributed by atoms with Crippen LogP contribution in [-0.4, -0.2) is 28.2 Å². The van der Waals surface area contributed by atoms with Crippen LogP contribution in [0.2, 0.25) is 0 Å². The third-order valence-electron chi connectivity index (χ3n) is 2.34. The van der Waals surface area contributed by atoms with E-state index >= 15 is 0 Å². The van der Waals surface area contributed by atoms with Crippen molar-refractivity contribution in [3.05, 3.63) is 12.3 Å². The Labute approximate surface area is 89.7 Å². The Balaban J connectivity index is 2.41. The monoisotopic (exact) mass is 210 g/mol. The molecule has 84 valence electrons. The summed E-state index contributed by atoms with van der Waals surface area (Å²) < 4.78 is 0. The van der Waals surface area contributed by atoms with Crippen LogP contribution < -0.4 is 11.1 Å². The third-order valence-corrected chi connectivity index (χ3v) is 2.34. The van der Waals surface area contributed by atoms with Crippen LogP contribution in [-0.2, 0) is 0 Å². The topological polar surface area (TPSA) is 84.1 Å². The van der Waals surface area contributed by atoms with Gasteiger partial charge in [-0.15, -0.1) is 0 Å². The van der Waals surface area contributed by atoms with Crippen LogP contribution in [0, 0.1) is 5.92 Å². The lowest BCUT2D eigenvalue weighted by Crippen LogP contribution is -2.16. The summed E-state index contributed by atoms with van der Waals surface area (Å²) in [6, 6.07) is 1.65. The van der Waals surface area contributed by atoms with Crippen molar-refractivity contribution in [2.24, 2.45) is 5.92 Å². The molecule has 0 aliphatic rings. The highest BCUT2D eigenvalue weighted by Crippen LogP contribution is 2.09. The first kappa shape index (κ1) is 11.7. The van der Waals surface area contributed by atoms with Gasteiger partial charge in [-0.2, -0.15) is 4.98 Å². The number of aliphatic hydroxyl groups excluding tert-OH is 1. The predicted molar refractivity (Wildman–Crippen MR) is 60.4 cm³/mol. The first-order chi connectivity index (χ1) is 7.26. The summed E-state index contributed by atoms with van der Waals surface area (Å²) >= 11 is 0. The molecule has 1 rings (SSSR count). The van der Waals surface area contributed by atoms with Gasteiger partial charge in [-0.25, -0.2) is 4.98 Å². The fourth-order valence-corrected chi connectivity index (χ4v) is 1.33. The van der Waals surface area contributed by atoms with Gasteiger partial charge in [0.25, 0.3) is 0 Å². The van der Waals surface area contributed by atoms with E-state index in [4.69, 9.17) is 10.8 Å². The molecule has 15 heavy (non-hydrogen) atoms. The van der Waals surface area contributed by atoms with Gasteiger partial charge in [0.2, 0.25) is 5.95 Å². The molecule has 0 aromatic carbocycles. The zero-order valence-corrected chi connectivity index (χ0v) is 8.98. The second-order valence-electron chi connectivity index (χ2n) is 3.47. The Morgan fingerprint density at radius 2 is 2.40 bits per heavy atom. The highest BCUT2D eigenvalue weighted by atomic mass is 16.3. The zero-order chi connectivity index (χ0) is 11.1. The molecule has 5 nitrogen and oxygen atoms in total. The number of nitrogens with zero attached hydrogens (tertiary/aromatic N) is 2. The van der Waals surface area contributed by atoms with Crippen molar-refractivity contribution < 1.29 is 5.11 Å². The van der Waals surface area contributed by atoms with Crippen molar-refractivity contribution in [1.82, 2.24) is 9.97 Å². The fourth-order valence-electron chi connectivity index (χ4n) is 1.33. The summed E-state index contributed by atoms with van der Waals surface area (Å²) in [5.41, 5.74) is 5.53. The third kappa shape index (κ3) is 4.12. The first-order valence-electron chi connectivity index (χ1n) is 5.19. The van der Waals surface area contributed by atoms with E-state index in [0.717, 1.165) is 19.4 Å². The molecule has 4 N–H and O–H groups in total. The van der Waals surface area contributed by atoms with Gasteiger partial charge in [0.05, 0.1) is 0 Å². The predicted octanol–water partition coefficient (Wildman–Crippen LogP) is 0.879. The largest absolute Gasteiger partial charge is 0.396 e. The lowest BCUT2D eigenvalue weighted by Gasteiger charge is -2.13. The maximum Gasteiger partial charge on any atom is 0.224 e. The minimum absolute atomic E-state index is 0.220. The first-order valence-corrected chi connectivity index (χ1v) is 5.19. The molecule has 5 heteroatoms. The molecule has 0 aliphatic heterocycles. The SMILES string of the molecule is CCC(CCO)CNc1nccc(N)n1. The number of anilines is 2. The van der Waals surface area contributed by atoms with Gasteiger partial charge >= 0.3 is 0 Å². The molecule has 0 spiro atoms. The van der Waals surface area contributed by atoms with E-state index in [0.29, 0.717) is 17.7 Å². The van der Waals surface area contributed by atoms with Crippen LogP contribution in [0.5, 0.6) is 0 Å². The van der Waals surface area contributed by atoms with E-state index in [-0.39, 0.29) is 6.61 Å². The van der Waals surface area contributed by atoms with E-state index in [2.05, 4.69) is 22.2 Å². The number of nitrogen functional groups attached to an aromatic ring is 1. The standard InChI is InChI=1S/C10H18N4O/c1-2-8(4-6-15)7-13-10-12-5-3-9(11)14-10/h3,5,8,15H,2,4,6-7H2,1H3,(H3,11,12,13,14).